The van der Waals surface area contributed by atoms with Crippen LogP contribution in [0.1, 0.15) is 39.9 Å². The van der Waals surface area contributed by atoms with Crippen LogP contribution in [-0.2, 0) is 0 Å². The molecular formula is C16H15Cl2N5OS. The Hall–Kier alpha value is -1.70. The number of fused-ring (bicyclic) bond motifs is 1. The van der Waals surface area contributed by atoms with Gasteiger partial charge in [-0.2, -0.15) is 9.61 Å². The molecule has 1 amide bonds. The third kappa shape index (κ3) is 3.12. The summed E-state index contributed by atoms with van der Waals surface area (Å²) in [4.78, 5) is 15.3. The highest BCUT2D eigenvalue weighted by Crippen LogP contribution is 2.32. The first kappa shape index (κ1) is 16.8. The van der Waals surface area contributed by atoms with Gasteiger partial charge in [0.05, 0.1) is 10.6 Å². The molecule has 0 unspecified atom stereocenters. The molecule has 1 aromatic carbocycles. The number of piperidine rings is 1. The fourth-order valence-electron chi connectivity index (χ4n) is 3.06. The van der Waals surface area contributed by atoms with Crippen molar-refractivity contribution in [1.29, 1.82) is 0 Å². The number of carbonyl (C=O) groups excluding carboxylic acids is 1. The van der Waals surface area contributed by atoms with Crippen LogP contribution in [0.5, 0.6) is 0 Å². The van der Waals surface area contributed by atoms with E-state index in [2.05, 4.69) is 15.3 Å². The number of hydrogen-bond donors (Lipinski definition) is 0. The standard InChI is InChI=1S/C16H15Cl2N5OS/c1-9-19-20-16-23(9)21-14(25-16)10-4-6-22(7-5-10)15(24)12-3-2-11(17)8-13(12)18/h2-3,8,10H,4-7H2,1H3. The lowest BCUT2D eigenvalue weighted by molar-refractivity contribution is 0.0713. The molecule has 3 aromatic rings. The van der Waals surface area contributed by atoms with Gasteiger partial charge in [0.25, 0.3) is 5.91 Å². The van der Waals surface area contributed by atoms with Gasteiger partial charge < -0.3 is 4.90 Å². The van der Waals surface area contributed by atoms with Gasteiger partial charge in [0, 0.05) is 24.0 Å². The molecule has 2 aromatic heterocycles. The fourth-order valence-corrected chi connectivity index (χ4v) is 4.60. The van der Waals surface area contributed by atoms with Crippen LogP contribution in [-0.4, -0.2) is 43.7 Å². The summed E-state index contributed by atoms with van der Waals surface area (Å²) < 4.78 is 1.78. The Labute approximate surface area is 158 Å². The molecule has 3 heterocycles. The topological polar surface area (TPSA) is 63.4 Å². The van der Waals surface area contributed by atoms with Crippen molar-refractivity contribution in [2.24, 2.45) is 0 Å². The summed E-state index contributed by atoms with van der Waals surface area (Å²) in [6, 6.07) is 4.98. The predicted molar refractivity (Wildman–Crippen MR) is 97.7 cm³/mol. The molecule has 0 saturated carbocycles. The molecule has 0 radical (unpaired) electrons. The maximum atomic E-state index is 12.7. The van der Waals surface area contributed by atoms with E-state index in [-0.39, 0.29) is 5.91 Å². The fraction of sp³-hybridized carbons (Fsp3) is 0.375. The molecule has 9 heteroatoms. The Kier molecular flexibility index (Phi) is 4.39. The Morgan fingerprint density at radius 1 is 1.24 bits per heavy atom. The second kappa shape index (κ2) is 6.55. The molecule has 6 nitrogen and oxygen atoms in total. The molecule has 0 bridgehead atoms. The Bertz CT molecular complexity index is 945. The number of aromatic nitrogens is 4. The van der Waals surface area contributed by atoms with Crippen molar-refractivity contribution in [1.82, 2.24) is 24.7 Å². The van der Waals surface area contributed by atoms with Crippen LogP contribution in [0.2, 0.25) is 10.0 Å². The summed E-state index contributed by atoms with van der Waals surface area (Å²) in [5.74, 6) is 1.09. The van der Waals surface area contributed by atoms with Crippen LogP contribution in [0.25, 0.3) is 4.96 Å². The zero-order valence-corrected chi connectivity index (χ0v) is 15.8. The van der Waals surface area contributed by atoms with E-state index in [0.717, 1.165) is 28.6 Å². The van der Waals surface area contributed by atoms with Gasteiger partial charge in [-0.1, -0.05) is 34.5 Å². The van der Waals surface area contributed by atoms with Gasteiger partial charge in [-0.05, 0) is 38.0 Å². The van der Waals surface area contributed by atoms with Crippen LogP contribution >= 0.6 is 34.5 Å². The first-order valence-corrected chi connectivity index (χ1v) is 9.53. The zero-order valence-electron chi connectivity index (χ0n) is 13.4. The lowest BCUT2D eigenvalue weighted by Gasteiger charge is -2.31. The van der Waals surface area contributed by atoms with E-state index in [0.29, 0.717) is 34.6 Å². The summed E-state index contributed by atoms with van der Waals surface area (Å²) in [5, 5.41) is 14.7. The van der Waals surface area contributed by atoms with Crippen molar-refractivity contribution >= 4 is 45.4 Å². The molecule has 130 valence electrons. The smallest absolute Gasteiger partial charge is 0.255 e. The number of amides is 1. The minimum Gasteiger partial charge on any atom is -0.339 e. The average Bonchev–Trinajstić information content (AvgIpc) is 3.17. The number of hydrogen-bond acceptors (Lipinski definition) is 5. The molecule has 25 heavy (non-hydrogen) atoms. The first-order valence-electron chi connectivity index (χ1n) is 7.96. The molecule has 0 N–H and O–H groups in total. The zero-order chi connectivity index (χ0) is 17.6. The molecule has 4 rings (SSSR count). The van der Waals surface area contributed by atoms with Gasteiger partial charge in [0.1, 0.15) is 5.01 Å². The van der Waals surface area contributed by atoms with Crippen LogP contribution in [0, 0.1) is 6.92 Å². The van der Waals surface area contributed by atoms with Gasteiger partial charge in [-0.15, -0.1) is 10.2 Å². The third-order valence-corrected chi connectivity index (χ3v) is 6.06. The molecule has 0 spiro atoms. The van der Waals surface area contributed by atoms with E-state index < -0.39 is 0 Å². The number of nitrogens with zero attached hydrogens (tertiary/aromatic N) is 5. The van der Waals surface area contributed by atoms with E-state index in [1.165, 1.54) is 0 Å². The van der Waals surface area contributed by atoms with Crippen LogP contribution in [0.3, 0.4) is 0 Å². The number of likely N-dealkylation sites (tertiary alicyclic amines) is 1. The molecule has 1 aliphatic rings. The third-order valence-electron chi connectivity index (χ3n) is 4.46. The van der Waals surface area contributed by atoms with Crippen LogP contribution in [0.15, 0.2) is 18.2 Å². The van der Waals surface area contributed by atoms with Gasteiger partial charge in [0.2, 0.25) is 4.96 Å². The van der Waals surface area contributed by atoms with Crippen molar-refractivity contribution < 1.29 is 4.79 Å². The second-order valence-corrected chi connectivity index (χ2v) is 7.90. The van der Waals surface area contributed by atoms with E-state index >= 15 is 0 Å². The second-order valence-electron chi connectivity index (χ2n) is 6.07. The van der Waals surface area contributed by atoms with Crippen molar-refractivity contribution in [3.8, 4) is 0 Å². The lowest BCUT2D eigenvalue weighted by Crippen LogP contribution is -2.38. The van der Waals surface area contributed by atoms with Crippen LogP contribution < -0.4 is 0 Å². The predicted octanol–water partition coefficient (Wildman–Crippen LogP) is 3.82. The number of aryl methyl sites for hydroxylation is 1. The normalized spacial score (nSPS) is 15.9. The number of carbonyl (C=O) groups is 1. The summed E-state index contributed by atoms with van der Waals surface area (Å²) >= 11 is 13.6. The Morgan fingerprint density at radius 2 is 2.00 bits per heavy atom. The largest absolute Gasteiger partial charge is 0.339 e. The summed E-state index contributed by atoms with van der Waals surface area (Å²) in [6.45, 7) is 3.25. The molecule has 1 aliphatic heterocycles. The van der Waals surface area contributed by atoms with Crippen LogP contribution in [0.4, 0.5) is 0 Å². The monoisotopic (exact) mass is 395 g/mol. The van der Waals surface area contributed by atoms with Crippen molar-refractivity contribution in [3.63, 3.8) is 0 Å². The minimum atomic E-state index is -0.0471. The van der Waals surface area contributed by atoms with Crippen molar-refractivity contribution in [3.05, 3.63) is 44.6 Å². The van der Waals surface area contributed by atoms with E-state index in [1.54, 1.807) is 34.1 Å². The van der Waals surface area contributed by atoms with E-state index in [1.807, 2.05) is 11.8 Å². The number of benzene rings is 1. The van der Waals surface area contributed by atoms with Gasteiger partial charge in [-0.3, -0.25) is 4.79 Å². The number of halogens is 2. The maximum Gasteiger partial charge on any atom is 0.255 e. The SMILES string of the molecule is Cc1nnc2sc(C3CCN(C(=O)c4ccc(Cl)cc4Cl)CC3)nn12. The molecular weight excluding hydrogens is 381 g/mol. The highest BCUT2D eigenvalue weighted by molar-refractivity contribution is 7.16. The van der Waals surface area contributed by atoms with Gasteiger partial charge in [0.15, 0.2) is 5.82 Å². The Morgan fingerprint density at radius 3 is 2.68 bits per heavy atom. The highest BCUT2D eigenvalue weighted by Gasteiger charge is 2.28. The maximum absolute atomic E-state index is 12.7. The molecule has 0 aliphatic carbocycles. The van der Waals surface area contributed by atoms with Gasteiger partial charge in [-0.25, -0.2) is 0 Å². The minimum absolute atomic E-state index is 0.0471. The first-order chi connectivity index (χ1) is 12.0. The highest BCUT2D eigenvalue weighted by atomic mass is 35.5. The summed E-state index contributed by atoms with van der Waals surface area (Å²) in [6.07, 6.45) is 1.75. The molecule has 1 fully saturated rings. The quantitative estimate of drug-likeness (QED) is 0.661. The number of rotatable bonds is 2. The summed E-state index contributed by atoms with van der Waals surface area (Å²) in [5.41, 5.74) is 0.499. The van der Waals surface area contributed by atoms with E-state index in [9.17, 15) is 4.79 Å². The van der Waals surface area contributed by atoms with Crippen molar-refractivity contribution in [2.75, 3.05) is 13.1 Å². The van der Waals surface area contributed by atoms with Gasteiger partial charge >= 0.3 is 0 Å². The van der Waals surface area contributed by atoms with E-state index in [4.69, 9.17) is 23.2 Å². The lowest BCUT2D eigenvalue weighted by atomic mass is 9.97. The summed E-state index contributed by atoms with van der Waals surface area (Å²) in [7, 11) is 0. The molecule has 0 atom stereocenters. The average molecular weight is 396 g/mol. The molecule has 1 saturated heterocycles. The Balaban J connectivity index is 1.46. The van der Waals surface area contributed by atoms with Crippen molar-refractivity contribution in [2.45, 2.75) is 25.7 Å².